The van der Waals surface area contributed by atoms with Gasteiger partial charge >= 0.3 is 0 Å². The van der Waals surface area contributed by atoms with Gasteiger partial charge in [0.25, 0.3) is 0 Å². The van der Waals surface area contributed by atoms with Crippen LogP contribution < -0.4 is 5.32 Å². The van der Waals surface area contributed by atoms with E-state index in [0.717, 1.165) is 55.3 Å². The number of amides is 2. The molecule has 1 aliphatic heterocycles. The van der Waals surface area contributed by atoms with E-state index in [0.29, 0.717) is 23.3 Å². The summed E-state index contributed by atoms with van der Waals surface area (Å²) in [6.07, 6.45) is 6.86. The number of nitrogens with one attached hydrogen (secondary N) is 1. The van der Waals surface area contributed by atoms with Crippen LogP contribution in [0.2, 0.25) is 5.02 Å². The number of benzene rings is 1. The van der Waals surface area contributed by atoms with Crippen LogP contribution in [0.25, 0.3) is 11.1 Å². The van der Waals surface area contributed by atoms with Crippen molar-refractivity contribution >= 4 is 29.2 Å². The van der Waals surface area contributed by atoms with Gasteiger partial charge < -0.3 is 10.2 Å². The molecule has 1 N–H and O–H groups in total. The van der Waals surface area contributed by atoms with Crippen LogP contribution in [0.1, 0.15) is 44.1 Å². The predicted octanol–water partition coefficient (Wildman–Crippen LogP) is 4.83. The molecule has 2 aromatic rings. The van der Waals surface area contributed by atoms with E-state index in [1.165, 1.54) is 0 Å². The smallest absolute Gasteiger partial charge is 0.228 e. The van der Waals surface area contributed by atoms with E-state index >= 15 is 0 Å². The van der Waals surface area contributed by atoms with Crippen molar-refractivity contribution in [2.75, 3.05) is 11.9 Å². The molecular weight excluding hydrogens is 386 g/mol. The molecule has 1 saturated heterocycles. The zero-order chi connectivity index (χ0) is 20.4. The van der Waals surface area contributed by atoms with Crippen LogP contribution in [0.15, 0.2) is 36.5 Å². The summed E-state index contributed by atoms with van der Waals surface area (Å²) in [5, 5.41) is 3.65. The fourth-order valence-corrected chi connectivity index (χ4v) is 4.76. The first-order valence-electron chi connectivity index (χ1n) is 10.3. The summed E-state index contributed by atoms with van der Waals surface area (Å²) < 4.78 is 0. The van der Waals surface area contributed by atoms with Gasteiger partial charge in [-0.15, -0.1) is 0 Å². The van der Waals surface area contributed by atoms with Crippen molar-refractivity contribution in [2.24, 2.45) is 5.92 Å². The fraction of sp³-hybridized carbons (Fsp3) is 0.435. The molecule has 29 heavy (non-hydrogen) atoms. The molecule has 0 spiro atoms. The van der Waals surface area contributed by atoms with Crippen LogP contribution in [0, 0.1) is 12.8 Å². The highest BCUT2D eigenvalue weighted by Crippen LogP contribution is 2.31. The average Bonchev–Trinajstić information content (AvgIpc) is 3.14. The Morgan fingerprint density at radius 3 is 2.55 bits per heavy atom. The van der Waals surface area contributed by atoms with E-state index < -0.39 is 0 Å². The van der Waals surface area contributed by atoms with Crippen LogP contribution in [0.3, 0.4) is 0 Å². The number of likely N-dealkylation sites (tertiary alicyclic amines) is 1. The van der Waals surface area contributed by atoms with Crippen molar-refractivity contribution in [1.82, 2.24) is 9.88 Å². The highest BCUT2D eigenvalue weighted by atomic mass is 35.5. The molecule has 0 atom stereocenters. The van der Waals surface area contributed by atoms with E-state index in [4.69, 9.17) is 11.6 Å². The molecule has 4 rings (SSSR count). The molecule has 1 saturated carbocycles. The van der Waals surface area contributed by atoms with E-state index in [2.05, 4.69) is 16.4 Å². The molecule has 2 amide bonds. The van der Waals surface area contributed by atoms with E-state index in [1.807, 2.05) is 36.1 Å². The summed E-state index contributed by atoms with van der Waals surface area (Å²) in [4.78, 5) is 31.0. The lowest BCUT2D eigenvalue weighted by molar-refractivity contribution is -0.130. The number of rotatable bonds is 4. The van der Waals surface area contributed by atoms with Gasteiger partial charge in [-0.2, -0.15) is 0 Å². The minimum atomic E-state index is -0.0130. The van der Waals surface area contributed by atoms with Crippen LogP contribution in [0.5, 0.6) is 0 Å². The average molecular weight is 412 g/mol. The summed E-state index contributed by atoms with van der Waals surface area (Å²) in [7, 11) is 0. The van der Waals surface area contributed by atoms with Crippen LogP contribution >= 0.6 is 11.6 Å². The number of pyridine rings is 1. The van der Waals surface area contributed by atoms with E-state index in [9.17, 15) is 9.59 Å². The molecule has 2 heterocycles. The summed E-state index contributed by atoms with van der Waals surface area (Å²) in [5.74, 6) is 0.850. The maximum absolute atomic E-state index is 12.7. The van der Waals surface area contributed by atoms with Gasteiger partial charge in [-0.1, -0.05) is 17.7 Å². The van der Waals surface area contributed by atoms with Gasteiger partial charge in [-0.05, 0) is 74.4 Å². The number of hydrogen-bond acceptors (Lipinski definition) is 3. The van der Waals surface area contributed by atoms with Gasteiger partial charge in [0.15, 0.2) is 0 Å². The number of aromatic nitrogens is 1. The van der Waals surface area contributed by atoms with E-state index in [1.54, 1.807) is 6.20 Å². The molecule has 152 valence electrons. The van der Waals surface area contributed by atoms with Crippen molar-refractivity contribution in [3.63, 3.8) is 0 Å². The standard InChI is InChI=1S/C23H26ClN3O2/c1-15-11-18(13-19(24)12-15)17-6-9-21(25-14-17)26-23(29)16-4-7-20(8-5-16)27-10-2-3-22(27)28/h6,9,11-14,16,20H,2-5,7-8,10H2,1H3,(H,25,26,29)/t16-,20+. The quantitative estimate of drug-likeness (QED) is 0.783. The Labute approximate surface area is 176 Å². The van der Waals surface area contributed by atoms with Crippen molar-refractivity contribution in [1.29, 1.82) is 0 Å². The van der Waals surface area contributed by atoms with Gasteiger partial charge in [-0.3, -0.25) is 9.59 Å². The highest BCUT2D eigenvalue weighted by Gasteiger charge is 2.33. The second-order valence-electron chi connectivity index (χ2n) is 8.13. The summed E-state index contributed by atoms with van der Waals surface area (Å²) in [6, 6.07) is 9.98. The van der Waals surface area contributed by atoms with Gasteiger partial charge in [0.1, 0.15) is 5.82 Å². The van der Waals surface area contributed by atoms with Crippen molar-refractivity contribution in [2.45, 2.75) is 51.5 Å². The first-order valence-corrected chi connectivity index (χ1v) is 10.7. The lowest BCUT2D eigenvalue weighted by Crippen LogP contribution is -2.40. The Kier molecular flexibility index (Phi) is 5.86. The molecule has 1 aliphatic carbocycles. The third-order valence-corrected chi connectivity index (χ3v) is 6.23. The molecule has 1 aromatic heterocycles. The van der Waals surface area contributed by atoms with E-state index in [-0.39, 0.29) is 17.7 Å². The molecule has 1 aromatic carbocycles. The predicted molar refractivity (Wildman–Crippen MR) is 115 cm³/mol. The third-order valence-electron chi connectivity index (χ3n) is 6.01. The first kappa shape index (κ1) is 19.9. The van der Waals surface area contributed by atoms with Crippen LogP contribution in [-0.4, -0.2) is 34.3 Å². The van der Waals surface area contributed by atoms with Gasteiger partial charge in [0.2, 0.25) is 11.8 Å². The molecule has 5 nitrogen and oxygen atoms in total. The third kappa shape index (κ3) is 4.61. The largest absolute Gasteiger partial charge is 0.340 e. The monoisotopic (exact) mass is 411 g/mol. The summed E-state index contributed by atoms with van der Waals surface area (Å²) >= 11 is 6.15. The SMILES string of the molecule is Cc1cc(Cl)cc(-c2ccc(NC(=O)[C@H]3CC[C@@H](N4CCCC4=O)CC3)nc2)c1. The number of halogens is 1. The Morgan fingerprint density at radius 2 is 1.93 bits per heavy atom. The topological polar surface area (TPSA) is 62.3 Å². The Morgan fingerprint density at radius 1 is 1.14 bits per heavy atom. The van der Waals surface area contributed by atoms with Gasteiger partial charge in [0, 0.05) is 41.7 Å². The number of anilines is 1. The molecular formula is C23H26ClN3O2. The Bertz CT molecular complexity index is 885. The van der Waals surface area contributed by atoms with Crippen molar-refractivity contribution < 1.29 is 9.59 Å². The fourth-order valence-electron chi connectivity index (χ4n) is 4.47. The molecule has 6 heteroatoms. The summed E-state index contributed by atoms with van der Waals surface area (Å²) in [6.45, 7) is 2.88. The normalized spacial score (nSPS) is 22.0. The number of nitrogens with zero attached hydrogens (tertiary/aromatic N) is 2. The van der Waals surface area contributed by atoms with Gasteiger partial charge in [-0.25, -0.2) is 4.98 Å². The lowest BCUT2D eigenvalue weighted by atomic mass is 9.85. The maximum atomic E-state index is 12.7. The lowest BCUT2D eigenvalue weighted by Gasteiger charge is -2.34. The molecule has 0 bridgehead atoms. The second kappa shape index (κ2) is 8.54. The maximum Gasteiger partial charge on any atom is 0.228 e. The molecule has 2 aliphatic rings. The van der Waals surface area contributed by atoms with Crippen molar-refractivity contribution in [3.05, 3.63) is 47.1 Å². The second-order valence-corrected chi connectivity index (χ2v) is 8.57. The molecule has 0 unspecified atom stereocenters. The summed E-state index contributed by atoms with van der Waals surface area (Å²) in [5.41, 5.74) is 3.07. The molecule has 0 radical (unpaired) electrons. The number of aryl methyl sites for hydroxylation is 1. The number of carbonyl (C=O) groups is 2. The Balaban J connectivity index is 1.33. The van der Waals surface area contributed by atoms with Crippen LogP contribution in [-0.2, 0) is 9.59 Å². The zero-order valence-corrected chi connectivity index (χ0v) is 17.4. The minimum absolute atomic E-state index is 0.0130. The van der Waals surface area contributed by atoms with Gasteiger partial charge in [0.05, 0.1) is 0 Å². The van der Waals surface area contributed by atoms with Crippen molar-refractivity contribution in [3.8, 4) is 11.1 Å². The first-order chi connectivity index (χ1) is 14.0. The zero-order valence-electron chi connectivity index (χ0n) is 16.7. The molecule has 2 fully saturated rings. The number of hydrogen-bond donors (Lipinski definition) is 1. The van der Waals surface area contributed by atoms with Crippen LogP contribution in [0.4, 0.5) is 5.82 Å². The number of carbonyl (C=O) groups excluding carboxylic acids is 2. The Hall–Kier alpha value is -2.40. The highest BCUT2D eigenvalue weighted by molar-refractivity contribution is 6.31. The minimum Gasteiger partial charge on any atom is -0.340 e.